The van der Waals surface area contributed by atoms with Crippen LogP contribution in [0.25, 0.3) is 0 Å². The van der Waals surface area contributed by atoms with Crippen molar-refractivity contribution in [1.82, 2.24) is 9.97 Å². The Balaban J connectivity index is 2.52. The van der Waals surface area contributed by atoms with E-state index in [4.69, 9.17) is 10.5 Å². The van der Waals surface area contributed by atoms with Crippen molar-refractivity contribution in [3.8, 4) is 12.1 Å². The van der Waals surface area contributed by atoms with Crippen molar-refractivity contribution in [3.63, 3.8) is 0 Å². The van der Waals surface area contributed by atoms with Gasteiger partial charge in [0.2, 0.25) is 0 Å². The first-order chi connectivity index (χ1) is 9.07. The molecule has 0 spiro atoms. The summed E-state index contributed by atoms with van der Waals surface area (Å²) < 4.78 is 0. The molecule has 2 aromatic rings. The van der Waals surface area contributed by atoms with E-state index in [9.17, 15) is 5.11 Å². The van der Waals surface area contributed by atoms with Gasteiger partial charge in [-0.15, -0.1) is 0 Å². The van der Waals surface area contributed by atoms with Gasteiger partial charge in [0.15, 0.2) is 0 Å². The van der Waals surface area contributed by atoms with E-state index in [1.54, 1.807) is 36.4 Å². The third kappa shape index (κ3) is 2.42. The molecule has 0 unspecified atom stereocenters. The molecule has 0 amide bonds. The van der Waals surface area contributed by atoms with Crippen LogP contribution >= 0.6 is 0 Å². The van der Waals surface area contributed by atoms with Gasteiger partial charge in [-0.2, -0.15) is 10.5 Å². The molecule has 0 aromatic carbocycles. The minimum atomic E-state index is -1.46. The fourth-order valence-corrected chi connectivity index (χ4v) is 1.67. The third-order valence-electron chi connectivity index (χ3n) is 2.72. The molecule has 5 nitrogen and oxygen atoms in total. The maximum atomic E-state index is 10.6. The summed E-state index contributed by atoms with van der Waals surface area (Å²) in [5.41, 5.74) is -0.397. The minimum absolute atomic E-state index is 0.217. The number of pyridine rings is 2. The highest BCUT2D eigenvalue weighted by atomic mass is 16.3. The van der Waals surface area contributed by atoms with Crippen LogP contribution < -0.4 is 0 Å². The molecule has 0 aliphatic heterocycles. The van der Waals surface area contributed by atoms with Crippen molar-refractivity contribution in [2.45, 2.75) is 12.5 Å². The SMILES string of the molecule is CC(O)(c1cccc(C#N)n1)c1cccc(C#N)n1. The zero-order valence-electron chi connectivity index (χ0n) is 10.2. The zero-order valence-corrected chi connectivity index (χ0v) is 10.2. The molecule has 0 radical (unpaired) electrons. The average Bonchev–Trinajstić information content (AvgIpc) is 2.47. The van der Waals surface area contributed by atoms with E-state index in [0.717, 1.165) is 0 Å². The van der Waals surface area contributed by atoms with E-state index in [-0.39, 0.29) is 11.4 Å². The Bertz CT molecular complexity index is 636. The monoisotopic (exact) mass is 250 g/mol. The van der Waals surface area contributed by atoms with Crippen molar-refractivity contribution in [2.24, 2.45) is 0 Å². The summed E-state index contributed by atoms with van der Waals surface area (Å²) >= 11 is 0. The molecule has 0 aliphatic carbocycles. The number of aliphatic hydroxyl groups is 1. The lowest BCUT2D eigenvalue weighted by molar-refractivity contribution is 0.0925. The molecule has 5 heteroatoms. The van der Waals surface area contributed by atoms with Gasteiger partial charge in [-0.05, 0) is 31.2 Å². The van der Waals surface area contributed by atoms with Crippen molar-refractivity contribution in [3.05, 3.63) is 59.2 Å². The van der Waals surface area contributed by atoms with Gasteiger partial charge in [-0.3, -0.25) is 0 Å². The molecule has 0 saturated carbocycles. The summed E-state index contributed by atoms with van der Waals surface area (Å²) in [4.78, 5) is 8.12. The van der Waals surface area contributed by atoms with E-state index in [1.165, 1.54) is 6.92 Å². The van der Waals surface area contributed by atoms with Gasteiger partial charge in [0, 0.05) is 0 Å². The van der Waals surface area contributed by atoms with Crippen LogP contribution in [0, 0.1) is 22.7 Å². The molecule has 0 atom stereocenters. The molecule has 0 aliphatic rings. The normalized spacial score (nSPS) is 10.5. The number of nitriles is 2. The lowest BCUT2D eigenvalue weighted by atomic mass is 9.96. The Hall–Kier alpha value is -2.76. The molecular weight excluding hydrogens is 240 g/mol. The van der Waals surface area contributed by atoms with Crippen LogP contribution in [0.15, 0.2) is 36.4 Å². The molecule has 0 fully saturated rings. The van der Waals surface area contributed by atoms with Gasteiger partial charge in [-0.25, -0.2) is 9.97 Å². The molecule has 19 heavy (non-hydrogen) atoms. The molecule has 1 N–H and O–H groups in total. The van der Waals surface area contributed by atoms with Crippen LogP contribution in [-0.2, 0) is 5.60 Å². The van der Waals surface area contributed by atoms with Crippen LogP contribution in [-0.4, -0.2) is 15.1 Å². The maximum absolute atomic E-state index is 10.6. The topological polar surface area (TPSA) is 93.6 Å². The average molecular weight is 250 g/mol. The van der Waals surface area contributed by atoms with Crippen molar-refractivity contribution in [2.75, 3.05) is 0 Å². The first-order valence-electron chi connectivity index (χ1n) is 5.55. The second-order valence-corrected chi connectivity index (χ2v) is 4.11. The van der Waals surface area contributed by atoms with E-state index < -0.39 is 5.60 Å². The Labute approximate surface area is 110 Å². The molecule has 0 bridgehead atoms. The lowest BCUT2D eigenvalue weighted by Gasteiger charge is -2.22. The minimum Gasteiger partial charge on any atom is -0.377 e. The summed E-state index contributed by atoms with van der Waals surface area (Å²) in [5, 5.41) is 28.2. The van der Waals surface area contributed by atoms with Gasteiger partial charge >= 0.3 is 0 Å². The maximum Gasteiger partial charge on any atom is 0.145 e. The molecule has 92 valence electrons. The van der Waals surface area contributed by atoms with Gasteiger partial charge in [0.1, 0.15) is 29.1 Å². The van der Waals surface area contributed by atoms with Gasteiger partial charge < -0.3 is 5.11 Å². The van der Waals surface area contributed by atoms with Gasteiger partial charge in [-0.1, -0.05) is 12.1 Å². The summed E-state index contributed by atoms with van der Waals surface area (Å²) in [7, 11) is 0. The number of aromatic nitrogens is 2. The number of hydrogen-bond donors (Lipinski definition) is 1. The van der Waals surface area contributed by atoms with Crippen LogP contribution in [0.1, 0.15) is 29.7 Å². The Morgan fingerprint density at radius 1 is 0.947 bits per heavy atom. The predicted octanol–water partition coefficient (Wildman–Crippen LogP) is 1.48. The predicted molar refractivity (Wildman–Crippen MR) is 66.6 cm³/mol. The fraction of sp³-hybridized carbons (Fsp3) is 0.143. The first kappa shape index (κ1) is 12.7. The summed E-state index contributed by atoms with van der Waals surface area (Å²) in [6.07, 6.45) is 0. The Kier molecular flexibility index (Phi) is 3.24. The lowest BCUT2D eigenvalue weighted by Crippen LogP contribution is -2.26. The number of rotatable bonds is 2. The van der Waals surface area contributed by atoms with E-state index in [0.29, 0.717) is 11.4 Å². The van der Waals surface area contributed by atoms with Crippen LogP contribution in [0.4, 0.5) is 0 Å². The van der Waals surface area contributed by atoms with Crippen molar-refractivity contribution < 1.29 is 5.11 Å². The Morgan fingerprint density at radius 3 is 1.74 bits per heavy atom. The largest absolute Gasteiger partial charge is 0.377 e. The first-order valence-corrected chi connectivity index (χ1v) is 5.55. The van der Waals surface area contributed by atoms with Crippen molar-refractivity contribution in [1.29, 1.82) is 10.5 Å². The highest BCUT2D eigenvalue weighted by Gasteiger charge is 2.29. The Morgan fingerprint density at radius 2 is 1.37 bits per heavy atom. The smallest absolute Gasteiger partial charge is 0.145 e. The van der Waals surface area contributed by atoms with E-state index in [2.05, 4.69) is 9.97 Å². The highest BCUT2D eigenvalue weighted by molar-refractivity contribution is 5.32. The van der Waals surface area contributed by atoms with Crippen LogP contribution in [0.2, 0.25) is 0 Å². The van der Waals surface area contributed by atoms with Gasteiger partial charge in [0.25, 0.3) is 0 Å². The zero-order chi connectivity index (χ0) is 13.9. The molecular formula is C14H10N4O. The van der Waals surface area contributed by atoms with E-state index in [1.807, 2.05) is 12.1 Å². The van der Waals surface area contributed by atoms with Crippen LogP contribution in [0.3, 0.4) is 0 Å². The molecule has 2 aromatic heterocycles. The second-order valence-electron chi connectivity index (χ2n) is 4.11. The molecule has 2 rings (SSSR count). The standard InChI is InChI=1S/C14H10N4O/c1-14(19,12-6-2-4-10(8-15)17-12)13-7-3-5-11(9-16)18-13/h2-7,19H,1H3. The summed E-state index contributed by atoms with van der Waals surface area (Å²) in [5.74, 6) is 0. The fourth-order valence-electron chi connectivity index (χ4n) is 1.67. The second kappa shape index (κ2) is 4.85. The molecule has 0 saturated heterocycles. The number of nitrogens with zero attached hydrogens (tertiary/aromatic N) is 4. The van der Waals surface area contributed by atoms with Crippen LogP contribution in [0.5, 0.6) is 0 Å². The quantitative estimate of drug-likeness (QED) is 0.871. The number of hydrogen-bond acceptors (Lipinski definition) is 5. The molecule has 2 heterocycles. The highest BCUT2D eigenvalue weighted by Crippen LogP contribution is 2.26. The summed E-state index contributed by atoms with van der Waals surface area (Å²) in [6, 6.07) is 13.5. The third-order valence-corrected chi connectivity index (χ3v) is 2.72. The van der Waals surface area contributed by atoms with Gasteiger partial charge in [0.05, 0.1) is 11.4 Å². The van der Waals surface area contributed by atoms with Crippen molar-refractivity contribution >= 4 is 0 Å². The van der Waals surface area contributed by atoms with E-state index >= 15 is 0 Å². The summed E-state index contributed by atoms with van der Waals surface area (Å²) in [6.45, 7) is 1.53.